The third kappa shape index (κ3) is 4.60. The van der Waals surface area contributed by atoms with Crippen molar-refractivity contribution < 1.29 is 9.53 Å². The molecule has 0 saturated heterocycles. The molecule has 1 aliphatic rings. The molecule has 0 heterocycles. The monoisotopic (exact) mass is 255 g/mol. The van der Waals surface area contributed by atoms with Crippen LogP contribution in [0, 0.1) is 11.8 Å². The van der Waals surface area contributed by atoms with Crippen molar-refractivity contribution in [1.82, 2.24) is 0 Å². The average Bonchev–Trinajstić information content (AvgIpc) is 2.35. The van der Waals surface area contributed by atoms with E-state index in [4.69, 9.17) is 10.5 Å². The number of nitrogens with two attached hydrogens (primary N) is 1. The van der Waals surface area contributed by atoms with Gasteiger partial charge in [-0.3, -0.25) is 4.79 Å². The summed E-state index contributed by atoms with van der Waals surface area (Å²) in [5, 5.41) is 0. The molecule has 0 bridgehead atoms. The van der Waals surface area contributed by atoms with Crippen LogP contribution in [0.5, 0.6) is 0 Å². The van der Waals surface area contributed by atoms with Crippen molar-refractivity contribution in [1.29, 1.82) is 0 Å². The lowest BCUT2D eigenvalue weighted by Gasteiger charge is -2.34. The van der Waals surface area contributed by atoms with Crippen molar-refractivity contribution in [2.24, 2.45) is 17.6 Å². The lowest BCUT2D eigenvalue weighted by atomic mass is 9.76. The van der Waals surface area contributed by atoms with E-state index in [2.05, 4.69) is 20.8 Å². The van der Waals surface area contributed by atoms with Crippen LogP contribution in [0.1, 0.15) is 65.7 Å². The number of hydrogen-bond acceptors (Lipinski definition) is 3. The summed E-state index contributed by atoms with van der Waals surface area (Å²) in [6.07, 6.45) is 6.94. The molecule has 0 unspecified atom stereocenters. The molecule has 0 amide bonds. The van der Waals surface area contributed by atoms with E-state index in [1.165, 1.54) is 6.42 Å². The molecule has 3 heteroatoms. The van der Waals surface area contributed by atoms with Gasteiger partial charge in [-0.1, -0.05) is 27.2 Å². The van der Waals surface area contributed by atoms with Gasteiger partial charge >= 0.3 is 5.97 Å². The maximum absolute atomic E-state index is 12.0. The highest BCUT2D eigenvalue weighted by atomic mass is 16.5. The summed E-state index contributed by atoms with van der Waals surface area (Å²) in [6.45, 7) is 7.09. The Kier molecular flexibility index (Phi) is 6.13. The largest absolute Gasteiger partial charge is 0.464 e. The fraction of sp³-hybridized carbons (Fsp3) is 0.933. The van der Waals surface area contributed by atoms with Crippen molar-refractivity contribution in [3.63, 3.8) is 0 Å². The Balaban J connectivity index is 2.28. The molecular formula is C15H29NO2. The molecule has 1 fully saturated rings. The van der Waals surface area contributed by atoms with Crippen LogP contribution in [0.2, 0.25) is 0 Å². The molecule has 18 heavy (non-hydrogen) atoms. The van der Waals surface area contributed by atoms with Gasteiger partial charge in [-0.25, -0.2) is 0 Å². The van der Waals surface area contributed by atoms with Crippen LogP contribution in [-0.4, -0.2) is 18.1 Å². The fourth-order valence-corrected chi connectivity index (χ4v) is 2.61. The second kappa shape index (κ2) is 7.13. The first-order valence-electron chi connectivity index (χ1n) is 7.44. The van der Waals surface area contributed by atoms with Gasteiger partial charge in [0, 0.05) is 0 Å². The predicted octanol–water partition coefficient (Wildman–Crippen LogP) is 3.26. The van der Waals surface area contributed by atoms with Crippen molar-refractivity contribution in [3.8, 4) is 0 Å². The van der Waals surface area contributed by atoms with Crippen LogP contribution >= 0.6 is 0 Å². The third-order valence-corrected chi connectivity index (χ3v) is 4.14. The Labute approximate surface area is 111 Å². The van der Waals surface area contributed by atoms with E-state index in [9.17, 15) is 4.79 Å². The molecule has 0 aromatic rings. The molecule has 0 aromatic carbocycles. The zero-order chi connectivity index (χ0) is 13.6. The van der Waals surface area contributed by atoms with Crippen molar-refractivity contribution in [2.45, 2.75) is 71.3 Å². The van der Waals surface area contributed by atoms with Gasteiger partial charge in [0.25, 0.3) is 0 Å². The molecule has 2 N–H and O–H groups in total. The zero-order valence-corrected chi connectivity index (χ0v) is 12.2. The Morgan fingerprint density at radius 3 is 2.50 bits per heavy atom. The maximum Gasteiger partial charge on any atom is 0.326 e. The third-order valence-electron chi connectivity index (χ3n) is 4.14. The number of hydrogen-bond donors (Lipinski definition) is 1. The minimum absolute atomic E-state index is 0.180. The van der Waals surface area contributed by atoms with Crippen LogP contribution < -0.4 is 5.73 Å². The molecule has 106 valence electrons. The highest BCUT2D eigenvalue weighted by molar-refractivity contribution is 5.80. The highest BCUT2D eigenvalue weighted by Crippen LogP contribution is 2.32. The van der Waals surface area contributed by atoms with Gasteiger partial charge in [0.05, 0.1) is 6.61 Å². The molecule has 1 saturated carbocycles. The summed E-state index contributed by atoms with van der Waals surface area (Å²) >= 11 is 0. The predicted molar refractivity (Wildman–Crippen MR) is 74.2 cm³/mol. The normalized spacial score (nSPS) is 28.4. The van der Waals surface area contributed by atoms with E-state index in [-0.39, 0.29) is 5.97 Å². The molecule has 0 atom stereocenters. The van der Waals surface area contributed by atoms with E-state index in [0.717, 1.165) is 44.4 Å². The van der Waals surface area contributed by atoms with Crippen LogP contribution in [-0.2, 0) is 9.53 Å². The Hall–Kier alpha value is -0.570. The molecule has 3 nitrogen and oxygen atoms in total. The van der Waals surface area contributed by atoms with E-state index in [1.54, 1.807) is 0 Å². The summed E-state index contributed by atoms with van der Waals surface area (Å²) in [4.78, 5) is 12.0. The van der Waals surface area contributed by atoms with Gasteiger partial charge < -0.3 is 10.5 Å². The second-order valence-corrected chi connectivity index (χ2v) is 6.18. The lowest BCUT2D eigenvalue weighted by molar-refractivity contribution is -0.152. The minimum Gasteiger partial charge on any atom is -0.464 e. The summed E-state index contributed by atoms with van der Waals surface area (Å²) in [6, 6.07) is 0. The molecule has 0 aliphatic heterocycles. The molecule has 1 aliphatic carbocycles. The van der Waals surface area contributed by atoms with E-state index in [0.29, 0.717) is 12.5 Å². The number of rotatable bonds is 6. The molecule has 0 radical (unpaired) electrons. The van der Waals surface area contributed by atoms with Gasteiger partial charge in [0.2, 0.25) is 0 Å². The van der Waals surface area contributed by atoms with Crippen LogP contribution in [0.4, 0.5) is 0 Å². The lowest BCUT2D eigenvalue weighted by Crippen LogP contribution is -2.51. The van der Waals surface area contributed by atoms with Gasteiger partial charge in [-0.05, 0) is 50.4 Å². The molecule has 0 spiro atoms. The highest BCUT2D eigenvalue weighted by Gasteiger charge is 2.39. The minimum atomic E-state index is -0.705. The molecular weight excluding hydrogens is 226 g/mol. The average molecular weight is 255 g/mol. The van der Waals surface area contributed by atoms with Gasteiger partial charge in [0.15, 0.2) is 0 Å². The first-order valence-corrected chi connectivity index (χ1v) is 7.44. The first-order chi connectivity index (χ1) is 8.48. The number of carbonyl (C=O) groups is 1. The second-order valence-electron chi connectivity index (χ2n) is 6.18. The standard InChI is InChI=1S/C15H29NO2/c1-4-13-7-9-15(16,10-8-13)14(17)18-11-5-6-12(2)3/h12-13H,4-11,16H2,1-3H3. The number of carbonyl (C=O) groups excluding carboxylic acids is 1. The van der Waals surface area contributed by atoms with E-state index >= 15 is 0 Å². The van der Waals surface area contributed by atoms with Gasteiger partial charge in [-0.2, -0.15) is 0 Å². The Morgan fingerprint density at radius 2 is 2.00 bits per heavy atom. The molecule has 1 rings (SSSR count). The Morgan fingerprint density at radius 1 is 1.39 bits per heavy atom. The maximum atomic E-state index is 12.0. The summed E-state index contributed by atoms with van der Waals surface area (Å²) in [5.74, 6) is 1.23. The van der Waals surface area contributed by atoms with Crippen LogP contribution in [0.15, 0.2) is 0 Å². The fourth-order valence-electron chi connectivity index (χ4n) is 2.61. The first kappa shape index (κ1) is 15.5. The number of ether oxygens (including phenoxy) is 1. The summed E-state index contributed by atoms with van der Waals surface area (Å²) in [7, 11) is 0. The smallest absolute Gasteiger partial charge is 0.326 e. The van der Waals surface area contributed by atoms with E-state index < -0.39 is 5.54 Å². The van der Waals surface area contributed by atoms with Crippen LogP contribution in [0.3, 0.4) is 0 Å². The topological polar surface area (TPSA) is 52.3 Å². The van der Waals surface area contributed by atoms with Crippen molar-refractivity contribution in [3.05, 3.63) is 0 Å². The quantitative estimate of drug-likeness (QED) is 0.585. The van der Waals surface area contributed by atoms with Gasteiger partial charge in [-0.15, -0.1) is 0 Å². The van der Waals surface area contributed by atoms with Gasteiger partial charge in [0.1, 0.15) is 5.54 Å². The SMILES string of the molecule is CCC1CCC(N)(C(=O)OCCCC(C)C)CC1. The Bertz CT molecular complexity index is 255. The van der Waals surface area contributed by atoms with Crippen LogP contribution in [0.25, 0.3) is 0 Å². The van der Waals surface area contributed by atoms with Crippen molar-refractivity contribution in [2.75, 3.05) is 6.61 Å². The number of esters is 1. The summed E-state index contributed by atoms with van der Waals surface area (Å²) in [5.41, 5.74) is 5.48. The van der Waals surface area contributed by atoms with Crippen molar-refractivity contribution >= 4 is 5.97 Å². The summed E-state index contributed by atoms with van der Waals surface area (Å²) < 4.78 is 5.34. The zero-order valence-electron chi connectivity index (χ0n) is 12.2. The molecule has 0 aromatic heterocycles. The van der Waals surface area contributed by atoms with E-state index in [1.807, 2.05) is 0 Å².